The van der Waals surface area contributed by atoms with Crippen LogP contribution in [-0.4, -0.2) is 32.5 Å². The summed E-state index contributed by atoms with van der Waals surface area (Å²) in [6.07, 6.45) is 5.07. The zero-order valence-electron chi connectivity index (χ0n) is 13.1. The van der Waals surface area contributed by atoms with Gasteiger partial charge in [0.05, 0.1) is 13.2 Å². The molecule has 1 aromatic rings. The van der Waals surface area contributed by atoms with Crippen LogP contribution >= 0.6 is 0 Å². The van der Waals surface area contributed by atoms with Crippen LogP contribution in [0.3, 0.4) is 0 Å². The van der Waals surface area contributed by atoms with Crippen molar-refractivity contribution < 1.29 is 14.2 Å². The van der Waals surface area contributed by atoms with Crippen LogP contribution in [0.4, 0.5) is 0 Å². The maximum atomic E-state index is 5.85. The molecule has 0 amide bonds. The maximum absolute atomic E-state index is 5.85. The SMILES string of the molecule is COc1cc2c(cc1CNC1CCC(OC)C1)OC(C)C2. The molecular weight excluding hydrogens is 266 g/mol. The van der Waals surface area contributed by atoms with Gasteiger partial charge in [-0.1, -0.05) is 0 Å². The van der Waals surface area contributed by atoms with E-state index in [0.29, 0.717) is 12.1 Å². The first-order chi connectivity index (χ1) is 10.2. The van der Waals surface area contributed by atoms with Gasteiger partial charge in [0.2, 0.25) is 0 Å². The lowest BCUT2D eigenvalue weighted by atomic mass is 10.1. The van der Waals surface area contributed by atoms with Crippen molar-refractivity contribution >= 4 is 0 Å². The number of benzene rings is 1. The Labute approximate surface area is 126 Å². The maximum Gasteiger partial charge on any atom is 0.123 e. The van der Waals surface area contributed by atoms with Crippen LogP contribution < -0.4 is 14.8 Å². The molecule has 0 aromatic heterocycles. The van der Waals surface area contributed by atoms with Gasteiger partial charge in [-0.2, -0.15) is 0 Å². The molecule has 0 radical (unpaired) electrons. The summed E-state index contributed by atoms with van der Waals surface area (Å²) in [5.41, 5.74) is 2.43. The molecule has 1 N–H and O–H groups in total. The molecule has 1 heterocycles. The van der Waals surface area contributed by atoms with Gasteiger partial charge in [-0.05, 0) is 38.3 Å². The second-order valence-electron chi connectivity index (χ2n) is 6.15. The molecule has 3 atom stereocenters. The molecule has 116 valence electrons. The van der Waals surface area contributed by atoms with Crippen molar-refractivity contribution in [1.29, 1.82) is 0 Å². The van der Waals surface area contributed by atoms with Gasteiger partial charge in [0.15, 0.2) is 0 Å². The largest absolute Gasteiger partial charge is 0.496 e. The van der Waals surface area contributed by atoms with E-state index in [9.17, 15) is 0 Å². The number of rotatable bonds is 5. The summed E-state index contributed by atoms with van der Waals surface area (Å²) in [7, 11) is 3.54. The normalized spacial score (nSPS) is 27.5. The molecule has 1 aromatic carbocycles. The van der Waals surface area contributed by atoms with Gasteiger partial charge in [0, 0.05) is 37.2 Å². The van der Waals surface area contributed by atoms with Gasteiger partial charge in [0.25, 0.3) is 0 Å². The van der Waals surface area contributed by atoms with Crippen LogP contribution in [0.25, 0.3) is 0 Å². The van der Waals surface area contributed by atoms with Gasteiger partial charge in [-0.15, -0.1) is 0 Å². The fraction of sp³-hybridized carbons (Fsp3) is 0.647. The average Bonchev–Trinajstić information content (AvgIpc) is 3.08. The summed E-state index contributed by atoms with van der Waals surface area (Å²) in [4.78, 5) is 0. The average molecular weight is 291 g/mol. The highest BCUT2D eigenvalue weighted by Crippen LogP contribution is 2.35. The summed E-state index contributed by atoms with van der Waals surface area (Å²) in [6.45, 7) is 2.92. The second-order valence-corrected chi connectivity index (χ2v) is 6.15. The van der Waals surface area contributed by atoms with E-state index in [1.807, 2.05) is 0 Å². The van der Waals surface area contributed by atoms with E-state index in [1.54, 1.807) is 14.2 Å². The summed E-state index contributed by atoms with van der Waals surface area (Å²) >= 11 is 0. The zero-order chi connectivity index (χ0) is 14.8. The number of methoxy groups -OCH3 is 2. The molecule has 1 aliphatic heterocycles. The lowest BCUT2D eigenvalue weighted by Gasteiger charge is -2.16. The molecule has 1 aliphatic carbocycles. The van der Waals surface area contributed by atoms with E-state index in [-0.39, 0.29) is 6.10 Å². The Kier molecular flexibility index (Phi) is 4.36. The molecule has 4 heteroatoms. The van der Waals surface area contributed by atoms with Gasteiger partial charge < -0.3 is 19.5 Å². The molecule has 1 saturated carbocycles. The van der Waals surface area contributed by atoms with Crippen molar-refractivity contribution in [2.24, 2.45) is 0 Å². The number of hydrogen-bond acceptors (Lipinski definition) is 4. The minimum Gasteiger partial charge on any atom is -0.496 e. The van der Waals surface area contributed by atoms with Crippen LogP contribution in [0.5, 0.6) is 11.5 Å². The molecule has 1 fully saturated rings. The highest BCUT2D eigenvalue weighted by atomic mass is 16.5. The van der Waals surface area contributed by atoms with E-state index in [4.69, 9.17) is 14.2 Å². The highest BCUT2D eigenvalue weighted by Gasteiger charge is 2.25. The Morgan fingerprint density at radius 3 is 2.86 bits per heavy atom. The predicted molar refractivity (Wildman–Crippen MR) is 82.1 cm³/mol. The molecule has 0 bridgehead atoms. The van der Waals surface area contributed by atoms with Crippen molar-refractivity contribution in [1.82, 2.24) is 5.32 Å². The van der Waals surface area contributed by atoms with Crippen LogP contribution in [0, 0.1) is 0 Å². The Bertz CT molecular complexity index is 503. The quantitative estimate of drug-likeness (QED) is 0.905. The zero-order valence-corrected chi connectivity index (χ0v) is 13.1. The lowest BCUT2D eigenvalue weighted by molar-refractivity contribution is 0.107. The smallest absolute Gasteiger partial charge is 0.123 e. The minimum atomic E-state index is 0.269. The van der Waals surface area contributed by atoms with Crippen molar-refractivity contribution in [3.8, 4) is 11.5 Å². The molecular formula is C17H25NO3. The van der Waals surface area contributed by atoms with Gasteiger partial charge in [-0.3, -0.25) is 0 Å². The summed E-state index contributed by atoms with van der Waals surface area (Å²) in [5.74, 6) is 1.97. The second kappa shape index (κ2) is 6.24. The van der Waals surface area contributed by atoms with E-state index in [2.05, 4.69) is 24.4 Å². The first kappa shape index (κ1) is 14.7. The Morgan fingerprint density at radius 2 is 2.14 bits per heavy atom. The monoisotopic (exact) mass is 291 g/mol. The Morgan fingerprint density at radius 1 is 1.29 bits per heavy atom. The third-order valence-corrected chi connectivity index (χ3v) is 4.60. The predicted octanol–water partition coefficient (Wildman–Crippen LogP) is 2.68. The van der Waals surface area contributed by atoms with Crippen LogP contribution in [0.15, 0.2) is 12.1 Å². The number of hydrogen-bond donors (Lipinski definition) is 1. The van der Waals surface area contributed by atoms with Gasteiger partial charge in [-0.25, -0.2) is 0 Å². The summed E-state index contributed by atoms with van der Waals surface area (Å²) in [6, 6.07) is 4.79. The fourth-order valence-corrected chi connectivity index (χ4v) is 3.40. The molecule has 3 rings (SSSR count). The standard InChI is InChI=1S/C17H25NO3/c1-11-6-12-7-16(20-3)13(8-17(12)21-11)10-18-14-4-5-15(9-14)19-2/h7-8,11,14-15,18H,4-6,9-10H2,1-3H3. The lowest BCUT2D eigenvalue weighted by Crippen LogP contribution is -2.26. The Hall–Kier alpha value is -1.26. The molecule has 3 unspecified atom stereocenters. The van der Waals surface area contributed by atoms with E-state index < -0.39 is 0 Å². The molecule has 0 spiro atoms. The fourth-order valence-electron chi connectivity index (χ4n) is 3.40. The van der Waals surface area contributed by atoms with Crippen LogP contribution in [-0.2, 0) is 17.7 Å². The third kappa shape index (κ3) is 3.16. The van der Waals surface area contributed by atoms with Crippen molar-refractivity contribution in [2.75, 3.05) is 14.2 Å². The first-order valence-electron chi connectivity index (χ1n) is 7.82. The van der Waals surface area contributed by atoms with Crippen molar-refractivity contribution in [2.45, 2.75) is 57.4 Å². The molecule has 0 saturated heterocycles. The van der Waals surface area contributed by atoms with Crippen molar-refractivity contribution in [3.05, 3.63) is 23.3 Å². The van der Waals surface area contributed by atoms with Crippen LogP contribution in [0.1, 0.15) is 37.3 Å². The summed E-state index contributed by atoms with van der Waals surface area (Å²) in [5, 5.41) is 3.62. The number of nitrogens with one attached hydrogen (secondary N) is 1. The van der Waals surface area contributed by atoms with E-state index in [0.717, 1.165) is 37.3 Å². The molecule has 21 heavy (non-hydrogen) atoms. The topological polar surface area (TPSA) is 39.7 Å². The van der Waals surface area contributed by atoms with Gasteiger partial charge >= 0.3 is 0 Å². The first-order valence-corrected chi connectivity index (χ1v) is 7.82. The highest BCUT2D eigenvalue weighted by molar-refractivity contribution is 5.48. The van der Waals surface area contributed by atoms with Gasteiger partial charge in [0.1, 0.15) is 17.6 Å². The minimum absolute atomic E-state index is 0.269. The molecule has 4 nitrogen and oxygen atoms in total. The molecule has 2 aliphatic rings. The van der Waals surface area contributed by atoms with E-state index in [1.165, 1.54) is 17.5 Å². The number of ether oxygens (including phenoxy) is 3. The third-order valence-electron chi connectivity index (χ3n) is 4.60. The van der Waals surface area contributed by atoms with E-state index >= 15 is 0 Å². The summed E-state index contributed by atoms with van der Waals surface area (Å²) < 4.78 is 16.8. The van der Waals surface area contributed by atoms with Crippen LogP contribution in [0.2, 0.25) is 0 Å². The Balaban J connectivity index is 1.66. The van der Waals surface area contributed by atoms with Crippen molar-refractivity contribution in [3.63, 3.8) is 0 Å². The number of fused-ring (bicyclic) bond motifs is 1.